The van der Waals surface area contributed by atoms with Gasteiger partial charge in [-0.1, -0.05) is 6.42 Å². The van der Waals surface area contributed by atoms with E-state index in [1.807, 2.05) is 0 Å². The van der Waals surface area contributed by atoms with Gasteiger partial charge in [0.25, 0.3) is 0 Å². The van der Waals surface area contributed by atoms with Crippen LogP contribution in [0.2, 0.25) is 0 Å². The van der Waals surface area contributed by atoms with Gasteiger partial charge in [-0.2, -0.15) is 0 Å². The lowest BCUT2D eigenvalue weighted by Gasteiger charge is -2.21. The van der Waals surface area contributed by atoms with E-state index in [2.05, 4.69) is 5.32 Å². The largest absolute Gasteiger partial charge is 0.368 e. The summed E-state index contributed by atoms with van der Waals surface area (Å²) in [5.74, 6) is 0.535. The highest BCUT2D eigenvalue weighted by Gasteiger charge is 2.31. The van der Waals surface area contributed by atoms with Crippen LogP contribution in [0.15, 0.2) is 0 Å². The molecule has 0 bridgehead atoms. The average Bonchev–Trinajstić information content (AvgIpc) is 2.87. The van der Waals surface area contributed by atoms with Crippen LogP contribution in [-0.2, 0) is 9.53 Å². The zero-order valence-corrected chi connectivity index (χ0v) is 9.08. The molecule has 0 aromatic carbocycles. The molecule has 3 unspecified atom stereocenters. The maximum Gasteiger partial charge on any atom is 0.249 e. The van der Waals surface area contributed by atoms with E-state index in [0.29, 0.717) is 12.5 Å². The first-order valence-electron chi connectivity index (χ1n) is 5.93. The van der Waals surface area contributed by atoms with Gasteiger partial charge in [-0.15, -0.1) is 0 Å². The van der Waals surface area contributed by atoms with E-state index in [9.17, 15) is 4.79 Å². The molecule has 1 amide bonds. The summed E-state index contributed by atoms with van der Waals surface area (Å²) < 4.78 is 5.35. The molecule has 2 aliphatic rings. The van der Waals surface area contributed by atoms with E-state index in [1.165, 1.54) is 6.42 Å². The van der Waals surface area contributed by atoms with E-state index >= 15 is 0 Å². The highest BCUT2D eigenvalue weighted by molar-refractivity contribution is 5.81. The fraction of sp³-hybridized carbons (Fsp3) is 0.909. The summed E-state index contributed by atoms with van der Waals surface area (Å²) >= 11 is 0. The molecule has 1 heterocycles. The van der Waals surface area contributed by atoms with Crippen LogP contribution in [-0.4, -0.2) is 31.2 Å². The Kier molecular flexibility index (Phi) is 3.59. The molecule has 2 rings (SSSR count). The predicted octanol–water partition coefficient (Wildman–Crippen LogP) is 0.409. The number of nitrogens with two attached hydrogens (primary N) is 1. The molecule has 0 aromatic rings. The van der Waals surface area contributed by atoms with Crippen molar-refractivity contribution in [3.05, 3.63) is 0 Å². The van der Waals surface area contributed by atoms with Gasteiger partial charge < -0.3 is 15.8 Å². The van der Waals surface area contributed by atoms with Gasteiger partial charge in [0.1, 0.15) is 6.10 Å². The van der Waals surface area contributed by atoms with Gasteiger partial charge in [0, 0.05) is 12.6 Å². The maximum absolute atomic E-state index is 11.8. The fourth-order valence-corrected chi connectivity index (χ4v) is 2.57. The quantitative estimate of drug-likeness (QED) is 0.712. The molecular weight excluding hydrogens is 192 g/mol. The van der Waals surface area contributed by atoms with E-state index in [4.69, 9.17) is 10.5 Å². The Hall–Kier alpha value is -0.610. The number of nitrogens with one attached hydrogen (secondary N) is 1. The third-order valence-corrected chi connectivity index (χ3v) is 3.51. The second-order valence-corrected chi connectivity index (χ2v) is 4.54. The van der Waals surface area contributed by atoms with Gasteiger partial charge in [0.05, 0.1) is 0 Å². The van der Waals surface area contributed by atoms with Crippen LogP contribution in [0.4, 0.5) is 0 Å². The van der Waals surface area contributed by atoms with E-state index < -0.39 is 0 Å². The topological polar surface area (TPSA) is 64.3 Å². The molecule has 15 heavy (non-hydrogen) atoms. The normalized spacial score (nSPS) is 35.7. The molecule has 0 aromatic heterocycles. The van der Waals surface area contributed by atoms with Crippen molar-refractivity contribution in [1.29, 1.82) is 0 Å². The first-order chi connectivity index (χ1) is 7.31. The van der Waals surface area contributed by atoms with Crippen molar-refractivity contribution in [2.24, 2.45) is 11.7 Å². The summed E-state index contributed by atoms with van der Waals surface area (Å²) in [5.41, 5.74) is 5.67. The van der Waals surface area contributed by atoms with Crippen LogP contribution < -0.4 is 11.1 Å². The minimum atomic E-state index is -0.205. The molecular formula is C11H20N2O2. The molecule has 0 spiro atoms. The van der Waals surface area contributed by atoms with Crippen LogP contribution in [0.25, 0.3) is 0 Å². The Bertz CT molecular complexity index is 227. The van der Waals surface area contributed by atoms with Crippen molar-refractivity contribution < 1.29 is 9.53 Å². The van der Waals surface area contributed by atoms with Crippen LogP contribution >= 0.6 is 0 Å². The number of ether oxygens (including phenoxy) is 1. The lowest BCUT2D eigenvalue weighted by Crippen LogP contribution is -2.44. The number of hydrogen-bond acceptors (Lipinski definition) is 3. The highest BCUT2D eigenvalue weighted by Crippen LogP contribution is 2.25. The third kappa shape index (κ3) is 2.49. The summed E-state index contributed by atoms with van der Waals surface area (Å²) in [7, 11) is 0. The maximum atomic E-state index is 11.8. The zero-order valence-electron chi connectivity index (χ0n) is 9.08. The van der Waals surface area contributed by atoms with Crippen molar-refractivity contribution in [1.82, 2.24) is 5.32 Å². The van der Waals surface area contributed by atoms with Crippen molar-refractivity contribution >= 4 is 5.91 Å². The first kappa shape index (κ1) is 10.9. The van der Waals surface area contributed by atoms with Gasteiger partial charge in [-0.3, -0.25) is 4.79 Å². The lowest BCUT2D eigenvalue weighted by molar-refractivity contribution is -0.131. The minimum absolute atomic E-state index is 0.0675. The minimum Gasteiger partial charge on any atom is -0.368 e. The molecule has 4 heteroatoms. The standard InChI is InChI=1S/C11H20N2O2/c12-7-8-3-1-4-9(8)13-11(14)10-5-2-6-15-10/h8-10H,1-7,12H2,(H,13,14). The van der Waals surface area contributed by atoms with Crippen molar-refractivity contribution in [3.8, 4) is 0 Å². The van der Waals surface area contributed by atoms with Crippen LogP contribution in [0.3, 0.4) is 0 Å². The zero-order chi connectivity index (χ0) is 10.7. The average molecular weight is 212 g/mol. The van der Waals surface area contributed by atoms with Crippen LogP contribution in [0, 0.1) is 5.92 Å². The van der Waals surface area contributed by atoms with Crippen molar-refractivity contribution in [2.75, 3.05) is 13.2 Å². The highest BCUT2D eigenvalue weighted by atomic mass is 16.5. The van der Waals surface area contributed by atoms with E-state index in [1.54, 1.807) is 0 Å². The molecule has 4 nitrogen and oxygen atoms in total. The van der Waals surface area contributed by atoms with Gasteiger partial charge >= 0.3 is 0 Å². The summed E-state index contributed by atoms with van der Waals surface area (Å²) in [4.78, 5) is 11.8. The van der Waals surface area contributed by atoms with Crippen LogP contribution in [0.1, 0.15) is 32.1 Å². The second-order valence-electron chi connectivity index (χ2n) is 4.54. The van der Waals surface area contributed by atoms with Gasteiger partial charge in [-0.25, -0.2) is 0 Å². The monoisotopic (exact) mass is 212 g/mol. The second kappa shape index (κ2) is 4.94. The van der Waals surface area contributed by atoms with Crippen molar-refractivity contribution in [3.63, 3.8) is 0 Å². The summed E-state index contributed by atoms with van der Waals surface area (Å²) in [6.45, 7) is 1.40. The van der Waals surface area contributed by atoms with Crippen molar-refractivity contribution in [2.45, 2.75) is 44.2 Å². The Morgan fingerprint density at radius 3 is 2.87 bits per heavy atom. The summed E-state index contributed by atoms with van der Waals surface area (Å²) in [6.07, 6.45) is 5.06. The molecule has 2 fully saturated rings. The number of hydrogen-bond donors (Lipinski definition) is 2. The third-order valence-electron chi connectivity index (χ3n) is 3.51. The molecule has 86 valence electrons. The SMILES string of the molecule is NCC1CCCC1NC(=O)C1CCCO1. The molecule has 1 aliphatic heterocycles. The Labute approximate surface area is 90.5 Å². The fourth-order valence-electron chi connectivity index (χ4n) is 2.57. The summed E-state index contributed by atoms with van der Waals surface area (Å²) in [5, 5.41) is 3.08. The Morgan fingerprint density at radius 2 is 2.20 bits per heavy atom. The Morgan fingerprint density at radius 1 is 1.33 bits per heavy atom. The predicted molar refractivity (Wildman–Crippen MR) is 57.3 cm³/mol. The van der Waals surface area contributed by atoms with Gasteiger partial charge in [0.15, 0.2) is 0 Å². The number of amides is 1. The van der Waals surface area contributed by atoms with Gasteiger partial charge in [0.2, 0.25) is 5.91 Å². The molecule has 3 atom stereocenters. The molecule has 1 saturated carbocycles. The molecule has 1 aliphatic carbocycles. The molecule has 0 radical (unpaired) electrons. The van der Waals surface area contributed by atoms with E-state index in [-0.39, 0.29) is 18.1 Å². The number of carbonyl (C=O) groups excluding carboxylic acids is 1. The first-order valence-corrected chi connectivity index (χ1v) is 5.93. The number of rotatable bonds is 3. The molecule has 1 saturated heterocycles. The van der Waals surface area contributed by atoms with E-state index in [0.717, 1.165) is 32.3 Å². The van der Waals surface area contributed by atoms with Crippen LogP contribution in [0.5, 0.6) is 0 Å². The smallest absolute Gasteiger partial charge is 0.249 e. The molecule has 3 N–H and O–H groups in total. The Balaban J connectivity index is 1.82. The number of carbonyl (C=O) groups is 1. The lowest BCUT2D eigenvalue weighted by atomic mass is 10.0. The van der Waals surface area contributed by atoms with Gasteiger partial charge in [-0.05, 0) is 38.1 Å². The summed E-state index contributed by atoms with van der Waals surface area (Å²) in [6, 6.07) is 0.284.